The average Bonchev–Trinajstić information content (AvgIpc) is 2.40. The highest BCUT2D eigenvalue weighted by molar-refractivity contribution is 6.74. The second-order valence-corrected chi connectivity index (χ2v) is 13.6. The van der Waals surface area contributed by atoms with Crippen LogP contribution in [0.3, 0.4) is 0 Å². The van der Waals surface area contributed by atoms with Crippen LogP contribution in [0.2, 0.25) is 18.1 Å². The monoisotopic (exact) mass is 371 g/mol. The third-order valence-corrected chi connectivity index (χ3v) is 8.90. The molecule has 0 aliphatic rings. The van der Waals surface area contributed by atoms with E-state index in [9.17, 15) is 4.79 Å². The summed E-state index contributed by atoms with van der Waals surface area (Å²) < 4.78 is 11.7. The van der Waals surface area contributed by atoms with Crippen LogP contribution < -0.4 is 5.32 Å². The number of carbonyl (C=O) groups is 1. The van der Waals surface area contributed by atoms with Crippen LogP contribution >= 0.6 is 0 Å². The van der Waals surface area contributed by atoms with Crippen molar-refractivity contribution in [1.29, 1.82) is 0 Å². The fourth-order valence-corrected chi connectivity index (χ4v) is 3.31. The molecule has 1 amide bonds. The van der Waals surface area contributed by atoms with Gasteiger partial charge in [-0.3, -0.25) is 0 Å². The summed E-state index contributed by atoms with van der Waals surface area (Å²) in [5, 5.41) is 6.44. The lowest BCUT2D eigenvalue weighted by Crippen LogP contribution is -2.50. The van der Waals surface area contributed by atoms with Gasteiger partial charge < -0.3 is 14.5 Å². The van der Waals surface area contributed by atoms with Gasteiger partial charge in [0.1, 0.15) is 11.8 Å². The van der Waals surface area contributed by atoms with E-state index < -0.39 is 26.2 Å². The van der Waals surface area contributed by atoms with Gasteiger partial charge in [-0.15, -0.1) is 0 Å². The fraction of sp³-hybridized carbons (Fsp3) is 0.882. The minimum Gasteiger partial charge on any atom is -0.444 e. The number of alkyl carbamates (subject to hydrolysis) is 1. The lowest BCUT2D eigenvalue weighted by Gasteiger charge is -2.41. The largest absolute Gasteiger partial charge is 0.444 e. The van der Waals surface area contributed by atoms with E-state index in [1.54, 1.807) is 20.8 Å². The molecule has 0 aromatic rings. The van der Waals surface area contributed by atoms with E-state index in [1.165, 1.54) is 0 Å². The first-order chi connectivity index (χ1) is 11.1. The van der Waals surface area contributed by atoms with E-state index in [0.717, 1.165) is 0 Å². The molecule has 0 saturated carbocycles. The molecule has 8 heteroatoms. The van der Waals surface area contributed by atoms with E-state index in [1.807, 2.05) is 20.3 Å². The number of hydrogen-bond donors (Lipinski definition) is 1. The molecule has 7 nitrogen and oxygen atoms in total. The van der Waals surface area contributed by atoms with Crippen molar-refractivity contribution >= 4 is 14.4 Å². The molecule has 0 saturated heterocycles. The first-order valence-electron chi connectivity index (χ1n) is 8.65. The Kier molecular flexibility index (Phi) is 8.47. The second-order valence-electron chi connectivity index (χ2n) is 8.83. The number of ether oxygens (including phenoxy) is 1. The van der Waals surface area contributed by atoms with E-state index in [2.05, 4.69) is 49.2 Å². The molecule has 25 heavy (non-hydrogen) atoms. The molecule has 1 N–H and O–H groups in total. The Labute approximate surface area is 153 Å². The zero-order chi connectivity index (χ0) is 20.1. The zero-order valence-corrected chi connectivity index (χ0v) is 18.4. The molecule has 0 aliphatic carbocycles. The van der Waals surface area contributed by atoms with Crippen LogP contribution in [0.1, 0.15) is 55.4 Å². The van der Waals surface area contributed by atoms with Crippen LogP contribution in [0.15, 0.2) is 5.11 Å². The lowest BCUT2D eigenvalue weighted by atomic mass is 10.00. The van der Waals surface area contributed by atoms with Gasteiger partial charge in [-0.05, 0) is 50.9 Å². The van der Waals surface area contributed by atoms with Crippen molar-refractivity contribution in [2.45, 2.75) is 91.4 Å². The van der Waals surface area contributed by atoms with Crippen LogP contribution in [0.5, 0.6) is 0 Å². The highest BCUT2D eigenvalue weighted by atomic mass is 28.4. The fourth-order valence-electron chi connectivity index (χ4n) is 1.92. The summed E-state index contributed by atoms with van der Waals surface area (Å²) in [5.74, 6) is -0.234. The smallest absolute Gasteiger partial charge is 0.408 e. The van der Waals surface area contributed by atoms with Gasteiger partial charge in [0.2, 0.25) is 0 Å². The maximum absolute atomic E-state index is 12.0. The van der Waals surface area contributed by atoms with Crippen molar-refractivity contribution in [1.82, 2.24) is 5.32 Å². The number of hydrogen-bond acceptors (Lipinski definition) is 4. The Bertz CT molecular complexity index is 491. The zero-order valence-electron chi connectivity index (χ0n) is 17.4. The number of rotatable bonds is 7. The van der Waals surface area contributed by atoms with Gasteiger partial charge in [-0.25, -0.2) is 4.79 Å². The maximum Gasteiger partial charge on any atom is 0.408 e. The van der Waals surface area contributed by atoms with Crippen LogP contribution in [-0.2, 0) is 9.16 Å². The van der Waals surface area contributed by atoms with E-state index in [4.69, 9.17) is 14.7 Å². The summed E-state index contributed by atoms with van der Waals surface area (Å²) in [6.45, 7) is 20.0. The molecule has 0 spiro atoms. The van der Waals surface area contributed by atoms with Gasteiger partial charge in [0, 0.05) is 10.8 Å². The highest BCUT2D eigenvalue weighted by Crippen LogP contribution is 2.38. The molecule has 0 aromatic carbocycles. The van der Waals surface area contributed by atoms with E-state index >= 15 is 0 Å². The Balaban J connectivity index is 5.25. The number of azide groups is 1. The molecule has 0 aromatic heterocycles. The normalized spacial score (nSPS) is 16.4. The summed E-state index contributed by atoms with van der Waals surface area (Å²) in [6, 6.07) is 0. The van der Waals surface area contributed by atoms with Gasteiger partial charge in [-0.1, -0.05) is 39.7 Å². The summed E-state index contributed by atoms with van der Waals surface area (Å²) >= 11 is 0. The molecular weight excluding hydrogens is 336 g/mol. The van der Waals surface area contributed by atoms with Crippen molar-refractivity contribution in [3.63, 3.8) is 0 Å². The molecule has 0 heterocycles. The van der Waals surface area contributed by atoms with Gasteiger partial charge in [0.05, 0.1) is 6.10 Å². The molecule has 1 radical (unpaired) electrons. The molecular formula is C17H35N4O3Si. The van der Waals surface area contributed by atoms with Crippen molar-refractivity contribution < 1.29 is 14.0 Å². The quantitative estimate of drug-likeness (QED) is 0.281. The Morgan fingerprint density at radius 3 is 2.12 bits per heavy atom. The van der Waals surface area contributed by atoms with Gasteiger partial charge in [0.15, 0.2) is 8.32 Å². The summed E-state index contributed by atoms with van der Waals surface area (Å²) in [4.78, 5) is 14.9. The van der Waals surface area contributed by atoms with Crippen LogP contribution in [0, 0.1) is 12.3 Å². The molecule has 3 atom stereocenters. The first-order valence-corrected chi connectivity index (χ1v) is 11.6. The number of nitrogens with zero attached hydrogens (tertiary/aromatic N) is 3. The SMILES string of the molecule is C[CH][C@@H](O[Si](C)(C)C(C)(C)C)[C@@H](C)C(N=[N+]=[N-])NC(=O)OC(C)(C)C. The minimum absolute atomic E-state index is 0.0561. The number of amides is 1. The first kappa shape index (κ1) is 23.8. The molecule has 0 bridgehead atoms. The van der Waals surface area contributed by atoms with Crippen molar-refractivity contribution in [3.05, 3.63) is 16.9 Å². The lowest BCUT2D eigenvalue weighted by molar-refractivity contribution is 0.0457. The number of nitrogens with one attached hydrogen (secondary N) is 1. The highest BCUT2D eigenvalue weighted by Gasteiger charge is 2.41. The Hall–Kier alpha value is -1.24. The minimum atomic E-state index is -2.01. The summed E-state index contributed by atoms with van der Waals surface area (Å²) in [7, 11) is -2.01. The summed E-state index contributed by atoms with van der Waals surface area (Å²) in [6.07, 6.45) is 0.332. The van der Waals surface area contributed by atoms with Crippen molar-refractivity contribution in [2.24, 2.45) is 11.0 Å². The Morgan fingerprint density at radius 2 is 1.76 bits per heavy atom. The third-order valence-electron chi connectivity index (χ3n) is 4.42. The summed E-state index contributed by atoms with van der Waals surface area (Å²) in [5.41, 5.74) is 8.25. The molecule has 145 valence electrons. The number of carbonyl (C=O) groups excluding carboxylic acids is 1. The van der Waals surface area contributed by atoms with Crippen LogP contribution in [0.4, 0.5) is 4.79 Å². The molecule has 0 rings (SSSR count). The van der Waals surface area contributed by atoms with E-state index in [-0.39, 0.29) is 17.1 Å². The Morgan fingerprint density at radius 1 is 1.24 bits per heavy atom. The van der Waals surface area contributed by atoms with Gasteiger partial charge >= 0.3 is 6.09 Å². The standard InChI is InChI=1S/C17H35N4O3Si/c1-11-13(24-25(9,10)17(6,7)8)12(2)14(20-21-18)19-15(22)23-16(3,4)5/h11-14H,1-10H3,(H,19,22)/t12-,13-,14?/m1/s1. The third kappa shape index (κ3) is 8.12. The van der Waals surface area contributed by atoms with Crippen molar-refractivity contribution in [2.75, 3.05) is 0 Å². The predicted octanol–water partition coefficient (Wildman–Crippen LogP) is 5.40. The van der Waals surface area contributed by atoms with E-state index in [0.29, 0.717) is 0 Å². The molecule has 1 unspecified atom stereocenters. The average molecular weight is 372 g/mol. The molecule has 0 aliphatic heterocycles. The second kappa shape index (κ2) is 8.92. The van der Waals surface area contributed by atoms with Crippen LogP contribution in [0.25, 0.3) is 10.4 Å². The van der Waals surface area contributed by atoms with Gasteiger partial charge in [-0.2, -0.15) is 0 Å². The topological polar surface area (TPSA) is 96.3 Å². The maximum atomic E-state index is 12.0. The predicted molar refractivity (Wildman–Crippen MR) is 104 cm³/mol. The van der Waals surface area contributed by atoms with Crippen LogP contribution in [-0.4, -0.2) is 32.3 Å². The molecule has 0 fully saturated rings. The van der Waals surface area contributed by atoms with Gasteiger partial charge in [0.25, 0.3) is 0 Å². The van der Waals surface area contributed by atoms with Crippen molar-refractivity contribution in [3.8, 4) is 0 Å².